The molecule has 1 atom stereocenters. The summed E-state index contributed by atoms with van der Waals surface area (Å²) >= 11 is 0. The monoisotopic (exact) mass is 320 g/mol. The van der Waals surface area contributed by atoms with Crippen molar-refractivity contribution in [3.05, 3.63) is 48.0 Å². The van der Waals surface area contributed by atoms with Gasteiger partial charge in [-0.05, 0) is 23.3 Å². The van der Waals surface area contributed by atoms with Gasteiger partial charge in [-0.25, -0.2) is 0 Å². The molecule has 0 bridgehead atoms. The first-order valence-electron chi connectivity index (χ1n) is 7.41. The average molecular weight is 320 g/mol. The predicted octanol–water partition coefficient (Wildman–Crippen LogP) is 2.07. The highest BCUT2D eigenvalue weighted by atomic mass is 32.2. The van der Waals surface area contributed by atoms with Crippen LogP contribution < -0.4 is 4.72 Å². The topological polar surface area (TPSA) is 58.6 Å². The van der Waals surface area contributed by atoms with Gasteiger partial charge in [-0.3, -0.25) is 0 Å². The molecule has 1 N–H and O–H groups in total. The lowest BCUT2D eigenvalue weighted by Crippen LogP contribution is -2.47. The van der Waals surface area contributed by atoms with E-state index >= 15 is 0 Å². The van der Waals surface area contributed by atoms with Gasteiger partial charge in [-0.2, -0.15) is 17.4 Å². The second-order valence-electron chi connectivity index (χ2n) is 5.42. The van der Waals surface area contributed by atoms with Crippen LogP contribution in [0.3, 0.4) is 0 Å². The van der Waals surface area contributed by atoms with Crippen molar-refractivity contribution in [2.75, 3.05) is 26.3 Å². The molecule has 1 heterocycles. The summed E-state index contributed by atoms with van der Waals surface area (Å²) in [7, 11) is -3.50. The normalized spacial score (nSPS) is 18.4. The first-order chi connectivity index (χ1) is 10.6. The summed E-state index contributed by atoms with van der Waals surface area (Å²) in [6.45, 7) is 3.57. The lowest BCUT2D eigenvalue weighted by molar-refractivity contribution is 0.0723. The number of ether oxygens (including phenoxy) is 1. The summed E-state index contributed by atoms with van der Waals surface area (Å²) < 4.78 is 34.4. The van der Waals surface area contributed by atoms with Crippen LogP contribution in [-0.2, 0) is 14.9 Å². The fourth-order valence-electron chi connectivity index (χ4n) is 2.78. The van der Waals surface area contributed by atoms with Crippen molar-refractivity contribution in [1.29, 1.82) is 0 Å². The Morgan fingerprint density at radius 2 is 1.77 bits per heavy atom. The molecule has 1 saturated heterocycles. The largest absolute Gasteiger partial charge is 0.379 e. The third-order valence-corrected chi connectivity index (χ3v) is 5.62. The molecule has 1 fully saturated rings. The van der Waals surface area contributed by atoms with Crippen LogP contribution in [0, 0.1) is 0 Å². The second kappa shape index (κ2) is 6.34. The molecule has 2 aromatic carbocycles. The Kier molecular flexibility index (Phi) is 4.44. The van der Waals surface area contributed by atoms with E-state index in [4.69, 9.17) is 4.74 Å². The minimum Gasteiger partial charge on any atom is -0.379 e. The van der Waals surface area contributed by atoms with Crippen molar-refractivity contribution < 1.29 is 13.2 Å². The van der Waals surface area contributed by atoms with Crippen molar-refractivity contribution in [2.45, 2.75) is 13.0 Å². The maximum absolute atomic E-state index is 12.5. The van der Waals surface area contributed by atoms with Gasteiger partial charge < -0.3 is 4.74 Å². The first kappa shape index (κ1) is 15.4. The van der Waals surface area contributed by atoms with E-state index in [1.165, 1.54) is 4.31 Å². The van der Waals surface area contributed by atoms with E-state index in [1.807, 2.05) is 49.4 Å². The Bertz CT molecular complexity index is 750. The number of hydrogen-bond donors (Lipinski definition) is 1. The Morgan fingerprint density at radius 1 is 1.09 bits per heavy atom. The van der Waals surface area contributed by atoms with E-state index < -0.39 is 10.2 Å². The van der Waals surface area contributed by atoms with Gasteiger partial charge in [0.1, 0.15) is 0 Å². The fourth-order valence-corrected chi connectivity index (χ4v) is 4.13. The SMILES string of the molecule is C[C@H](NS(=O)(=O)N1CCOCC1)c1cccc2ccccc12. The van der Waals surface area contributed by atoms with Gasteiger partial charge in [0, 0.05) is 19.1 Å². The number of morpholine rings is 1. The minimum atomic E-state index is -3.50. The number of hydrogen-bond acceptors (Lipinski definition) is 3. The van der Waals surface area contributed by atoms with Gasteiger partial charge in [0.15, 0.2) is 0 Å². The summed E-state index contributed by atoms with van der Waals surface area (Å²) in [6.07, 6.45) is 0. The smallest absolute Gasteiger partial charge is 0.280 e. The minimum absolute atomic E-state index is 0.293. The average Bonchev–Trinajstić information content (AvgIpc) is 2.54. The van der Waals surface area contributed by atoms with Crippen LogP contribution in [0.4, 0.5) is 0 Å². The summed E-state index contributed by atoms with van der Waals surface area (Å²) in [6, 6.07) is 13.7. The highest BCUT2D eigenvalue weighted by Gasteiger charge is 2.26. The molecule has 1 aliphatic heterocycles. The van der Waals surface area contributed by atoms with Gasteiger partial charge in [0.25, 0.3) is 10.2 Å². The van der Waals surface area contributed by atoms with Crippen LogP contribution in [0.5, 0.6) is 0 Å². The molecule has 0 amide bonds. The van der Waals surface area contributed by atoms with Crippen molar-refractivity contribution in [3.8, 4) is 0 Å². The van der Waals surface area contributed by atoms with Crippen LogP contribution in [0.15, 0.2) is 42.5 Å². The number of rotatable bonds is 4. The Hall–Kier alpha value is -1.47. The molecule has 22 heavy (non-hydrogen) atoms. The molecule has 0 aliphatic carbocycles. The van der Waals surface area contributed by atoms with Gasteiger partial charge in [0.2, 0.25) is 0 Å². The molecule has 0 radical (unpaired) electrons. The van der Waals surface area contributed by atoms with E-state index in [0.29, 0.717) is 26.3 Å². The van der Waals surface area contributed by atoms with E-state index in [-0.39, 0.29) is 6.04 Å². The Balaban J connectivity index is 1.85. The van der Waals surface area contributed by atoms with Crippen LogP contribution in [-0.4, -0.2) is 39.0 Å². The fraction of sp³-hybridized carbons (Fsp3) is 0.375. The van der Waals surface area contributed by atoms with Crippen molar-refractivity contribution in [1.82, 2.24) is 9.03 Å². The molecule has 1 aliphatic rings. The Labute approximate surface area is 131 Å². The molecule has 6 heteroatoms. The second-order valence-corrected chi connectivity index (χ2v) is 7.13. The summed E-state index contributed by atoms with van der Waals surface area (Å²) in [5.74, 6) is 0. The number of benzene rings is 2. The third-order valence-electron chi connectivity index (χ3n) is 3.93. The lowest BCUT2D eigenvalue weighted by atomic mass is 10.0. The molecule has 0 unspecified atom stereocenters. The van der Waals surface area contributed by atoms with E-state index in [0.717, 1.165) is 16.3 Å². The van der Waals surface area contributed by atoms with Gasteiger partial charge in [-0.15, -0.1) is 0 Å². The highest BCUT2D eigenvalue weighted by molar-refractivity contribution is 7.87. The quantitative estimate of drug-likeness (QED) is 0.938. The molecule has 0 saturated carbocycles. The van der Waals surface area contributed by atoms with Gasteiger partial charge in [0.05, 0.1) is 13.2 Å². The molecule has 118 valence electrons. The number of nitrogens with one attached hydrogen (secondary N) is 1. The van der Waals surface area contributed by atoms with Crippen LogP contribution in [0.25, 0.3) is 10.8 Å². The van der Waals surface area contributed by atoms with Gasteiger partial charge >= 0.3 is 0 Å². The first-order valence-corrected chi connectivity index (χ1v) is 8.85. The van der Waals surface area contributed by atoms with Crippen molar-refractivity contribution >= 4 is 21.0 Å². The molecule has 2 aromatic rings. The lowest BCUT2D eigenvalue weighted by Gasteiger charge is -2.28. The molecular weight excluding hydrogens is 300 g/mol. The summed E-state index contributed by atoms with van der Waals surface area (Å²) in [5, 5.41) is 2.18. The summed E-state index contributed by atoms with van der Waals surface area (Å²) in [4.78, 5) is 0. The van der Waals surface area contributed by atoms with E-state index in [1.54, 1.807) is 0 Å². The standard InChI is InChI=1S/C16H20N2O3S/c1-13(17-22(19,20)18-9-11-21-12-10-18)15-8-4-6-14-5-2-3-7-16(14)15/h2-8,13,17H,9-12H2,1H3/t13-/m0/s1. The van der Waals surface area contributed by atoms with Crippen LogP contribution in [0.2, 0.25) is 0 Å². The maximum atomic E-state index is 12.5. The number of fused-ring (bicyclic) bond motifs is 1. The van der Waals surface area contributed by atoms with Crippen LogP contribution in [0.1, 0.15) is 18.5 Å². The predicted molar refractivity (Wildman–Crippen MR) is 86.8 cm³/mol. The van der Waals surface area contributed by atoms with Gasteiger partial charge in [-0.1, -0.05) is 42.5 Å². The highest BCUT2D eigenvalue weighted by Crippen LogP contribution is 2.24. The molecular formula is C16H20N2O3S. The maximum Gasteiger partial charge on any atom is 0.280 e. The number of nitrogens with zero attached hydrogens (tertiary/aromatic N) is 1. The molecule has 5 nitrogen and oxygen atoms in total. The molecule has 3 rings (SSSR count). The van der Waals surface area contributed by atoms with E-state index in [9.17, 15) is 8.42 Å². The zero-order chi connectivity index (χ0) is 15.6. The molecule has 0 aromatic heterocycles. The zero-order valence-corrected chi connectivity index (χ0v) is 13.3. The van der Waals surface area contributed by atoms with Crippen molar-refractivity contribution in [3.63, 3.8) is 0 Å². The summed E-state index contributed by atoms with van der Waals surface area (Å²) in [5.41, 5.74) is 0.981. The molecule has 0 spiro atoms. The zero-order valence-electron chi connectivity index (χ0n) is 12.5. The van der Waals surface area contributed by atoms with Crippen molar-refractivity contribution in [2.24, 2.45) is 0 Å². The van der Waals surface area contributed by atoms with Crippen LogP contribution >= 0.6 is 0 Å². The van der Waals surface area contributed by atoms with E-state index in [2.05, 4.69) is 4.72 Å². The third kappa shape index (κ3) is 3.15. The Morgan fingerprint density at radius 3 is 2.55 bits per heavy atom.